The Labute approximate surface area is 112 Å². The highest BCUT2D eigenvalue weighted by atomic mass is 16.5. The summed E-state index contributed by atoms with van der Waals surface area (Å²) < 4.78 is 5.66. The van der Waals surface area contributed by atoms with Crippen molar-refractivity contribution in [2.45, 2.75) is 12.2 Å². The average Bonchev–Trinajstić information content (AvgIpc) is 2.46. The summed E-state index contributed by atoms with van der Waals surface area (Å²) in [6.07, 6.45) is 0.998. The van der Waals surface area contributed by atoms with E-state index in [1.165, 1.54) is 0 Å². The minimum absolute atomic E-state index is 0.167. The van der Waals surface area contributed by atoms with E-state index in [2.05, 4.69) is 9.88 Å². The van der Waals surface area contributed by atoms with Gasteiger partial charge in [-0.3, -0.25) is 4.98 Å². The van der Waals surface area contributed by atoms with Crippen LogP contribution in [0.3, 0.4) is 0 Å². The van der Waals surface area contributed by atoms with Crippen molar-refractivity contribution in [1.82, 2.24) is 9.88 Å². The number of aliphatic hydroxyl groups excluding tert-OH is 1. The summed E-state index contributed by atoms with van der Waals surface area (Å²) >= 11 is 0. The molecule has 2 unspecified atom stereocenters. The molecule has 4 heteroatoms. The molecule has 1 aliphatic heterocycles. The van der Waals surface area contributed by atoms with Crippen LogP contribution in [0.25, 0.3) is 10.9 Å². The van der Waals surface area contributed by atoms with Gasteiger partial charge in [-0.15, -0.1) is 0 Å². The molecule has 2 atom stereocenters. The number of likely N-dealkylation sites (N-methyl/N-ethyl adjacent to an activating group) is 1. The fourth-order valence-electron chi connectivity index (χ4n) is 2.48. The number of fused-ring (bicyclic) bond motifs is 1. The quantitative estimate of drug-likeness (QED) is 0.888. The lowest BCUT2D eigenvalue weighted by atomic mass is 10.0. The van der Waals surface area contributed by atoms with E-state index in [0.29, 0.717) is 6.61 Å². The van der Waals surface area contributed by atoms with Gasteiger partial charge < -0.3 is 14.7 Å². The van der Waals surface area contributed by atoms with E-state index in [-0.39, 0.29) is 6.10 Å². The van der Waals surface area contributed by atoms with Crippen molar-refractivity contribution in [3.63, 3.8) is 0 Å². The molecule has 19 heavy (non-hydrogen) atoms. The van der Waals surface area contributed by atoms with Gasteiger partial charge in [-0.05, 0) is 24.7 Å². The van der Waals surface area contributed by atoms with Gasteiger partial charge in [-0.2, -0.15) is 0 Å². The van der Waals surface area contributed by atoms with Gasteiger partial charge in [-0.25, -0.2) is 0 Å². The third kappa shape index (κ3) is 2.61. The van der Waals surface area contributed by atoms with E-state index < -0.39 is 6.10 Å². The van der Waals surface area contributed by atoms with Crippen LogP contribution in [-0.4, -0.2) is 47.8 Å². The Morgan fingerprint density at radius 2 is 2.32 bits per heavy atom. The molecular weight excluding hydrogens is 240 g/mol. The molecule has 1 fully saturated rings. The molecule has 0 bridgehead atoms. The summed E-state index contributed by atoms with van der Waals surface area (Å²) in [4.78, 5) is 6.50. The number of pyridine rings is 1. The van der Waals surface area contributed by atoms with Gasteiger partial charge in [-0.1, -0.05) is 18.2 Å². The summed E-state index contributed by atoms with van der Waals surface area (Å²) in [7, 11) is 2.05. The topological polar surface area (TPSA) is 45.6 Å². The van der Waals surface area contributed by atoms with Crippen LogP contribution in [0.1, 0.15) is 11.7 Å². The zero-order valence-corrected chi connectivity index (χ0v) is 11.0. The lowest BCUT2D eigenvalue weighted by Gasteiger charge is -2.33. The Morgan fingerprint density at radius 3 is 3.16 bits per heavy atom. The average molecular weight is 258 g/mol. The molecule has 0 spiro atoms. The molecule has 1 N–H and O–H groups in total. The maximum Gasteiger partial charge on any atom is 0.106 e. The summed E-state index contributed by atoms with van der Waals surface area (Å²) in [5.41, 5.74) is 1.77. The number of benzene rings is 1. The number of ether oxygens (including phenoxy) is 1. The summed E-state index contributed by atoms with van der Waals surface area (Å²) in [6, 6.07) is 9.82. The van der Waals surface area contributed by atoms with Crippen molar-refractivity contribution in [2.24, 2.45) is 0 Å². The standard InChI is InChI=1S/C15H18N2O2/c1-17-7-8-19-14(10-17)15(18)12-5-4-11-3-2-6-16-13(11)9-12/h2-6,9,14-15,18H,7-8,10H2,1H3. The molecule has 4 nitrogen and oxygen atoms in total. The number of hydrogen-bond donors (Lipinski definition) is 1. The molecule has 0 saturated carbocycles. The minimum Gasteiger partial charge on any atom is -0.386 e. The number of nitrogens with zero attached hydrogens (tertiary/aromatic N) is 2. The fourth-order valence-corrected chi connectivity index (χ4v) is 2.48. The maximum absolute atomic E-state index is 10.4. The lowest BCUT2D eigenvalue weighted by molar-refractivity contribution is -0.0844. The predicted octanol–water partition coefficient (Wildman–Crippen LogP) is 1.60. The lowest BCUT2D eigenvalue weighted by Crippen LogP contribution is -2.42. The molecule has 1 aromatic heterocycles. The monoisotopic (exact) mass is 258 g/mol. The number of aromatic nitrogens is 1. The van der Waals surface area contributed by atoms with Crippen molar-refractivity contribution in [3.8, 4) is 0 Å². The Bertz CT molecular complexity index is 573. The van der Waals surface area contributed by atoms with Crippen molar-refractivity contribution in [3.05, 3.63) is 42.1 Å². The first-order chi connectivity index (χ1) is 9.24. The van der Waals surface area contributed by atoms with Crippen LogP contribution >= 0.6 is 0 Å². The number of hydrogen-bond acceptors (Lipinski definition) is 4. The first kappa shape index (κ1) is 12.5. The van der Waals surface area contributed by atoms with Crippen LogP contribution < -0.4 is 0 Å². The third-order valence-electron chi connectivity index (χ3n) is 3.62. The highest BCUT2D eigenvalue weighted by Crippen LogP contribution is 2.24. The van der Waals surface area contributed by atoms with Crippen LogP contribution in [0.5, 0.6) is 0 Å². The van der Waals surface area contributed by atoms with Crippen LogP contribution in [0, 0.1) is 0 Å². The van der Waals surface area contributed by atoms with E-state index in [1.54, 1.807) is 6.20 Å². The second kappa shape index (κ2) is 5.25. The minimum atomic E-state index is -0.603. The van der Waals surface area contributed by atoms with Gasteiger partial charge in [0.2, 0.25) is 0 Å². The van der Waals surface area contributed by atoms with E-state index >= 15 is 0 Å². The Hall–Kier alpha value is -1.49. The van der Waals surface area contributed by atoms with Crippen molar-refractivity contribution < 1.29 is 9.84 Å². The smallest absolute Gasteiger partial charge is 0.106 e. The van der Waals surface area contributed by atoms with Crippen LogP contribution in [0.2, 0.25) is 0 Å². The molecule has 2 heterocycles. The summed E-state index contributed by atoms with van der Waals surface area (Å²) in [5.74, 6) is 0. The van der Waals surface area contributed by atoms with Gasteiger partial charge in [0.05, 0.1) is 12.1 Å². The molecule has 100 valence electrons. The van der Waals surface area contributed by atoms with Gasteiger partial charge in [0.25, 0.3) is 0 Å². The second-order valence-electron chi connectivity index (χ2n) is 5.07. The molecular formula is C15H18N2O2. The highest BCUT2D eigenvalue weighted by Gasteiger charge is 2.26. The fraction of sp³-hybridized carbons (Fsp3) is 0.400. The van der Waals surface area contributed by atoms with E-state index in [1.807, 2.05) is 37.4 Å². The molecule has 0 aliphatic carbocycles. The first-order valence-electron chi connectivity index (χ1n) is 6.57. The molecule has 1 aromatic carbocycles. The SMILES string of the molecule is CN1CCOC(C(O)c2ccc3cccnc3c2)C1. The number of aliphatic hydroxyl groups is 1. The van der Waals surface area contributed by atoms with Crippen molar-refractivity contribution in [2.75, 3.05) is 26.7 Å². The second-order valence-corrected chi connectivity index (χ2v) is 5.07. The summed E-state index contributed by atoms with van der Waals surface area (Å²) in [6.45, 7) is 2.34. The van der Waals surface area contributed by atoms with E-state index in [0.717, 1.165) is 29.6 Å². The molecule has 1 saturated heterocycles. The molecule has 1 aliphatic rings. The van der Waals surface area contributed by atoms with E-state index in [4.69, 9.17) is 4.74 Å². The normalized spacial score (nSPS) is 22.5. The number of rotatable bonds is 2. The molecule has 0 radical (unpaired) electrons. The molecule has 3 rings (SSSR count). The highest BCUT2D eigenvalue weighted by molar-refractivity contribution is 5.78. The van der Waals surface area contributed by atoms with E-state index in [9.17, 15) is 5.11 Å². The number of morpholine rings is 1. The van der Waals surface area contributed by atoms with Crippen LogP contribution in [-0.2, 0) is 4.74 Å². The predicted molar refractivity (Wildman–Crippen MR) is 73.9 cm³/mol. The van der Waals surface area contributed by atoms with Crippen LogP contribution in [0.4, 0.5) is 0 Å². The van der Waals surface area contributed by atoms with Crippen molar-refractivity contribution in [1.29, 1.82) is 0 Å². The zero-order chi connectivity index (χ0) is 13.2. The van der Waals surface area contributed by atoms with Crippen molar-refractivity contribution >= 4 is 10.9 Å². The Morgan fingerprint density at radius 1 is 1.42 bits per heavy atom. The largest absolute Gasteiger partial charge is 0.386 e. The maximum atomic E-state index is 10.4. The molecule has 2 aromatic rings. The first-order valence-corrected chi connectivity index (χ1v) is 6.57. The Balaban J connectivity index is 1.86. The third-order valence-corrected chi connectivity index (χ3v) is 3.62. The zero-order valence-electron chi connectivity index (χ0n) is 11.0. The van der Waals surface area contributed by atoms with Gasteiger partial charge in [0.1, 0.15) is 12.2 Å². The summed E-state index contributed by atoms with van der Waals surface area (Å²) in [5, 5.41) is 11.5. The Kier molecular flexibility index (Phi) is 3.46. The van der Waals surface area contributed by atoms with Crippen LogP contribution in [0.15, 0.2) is 36.5 Å². The van der Waals surface area contributed by atoms with Gasteiger partial charge in [0.15, 0.2) is 0 Å². The molecule has 0 amide bonds. The van der Waals surface area contributed by atoms with Gasteiger partial charge in [0, 0.05) is 24.7 Å². The van der Waals surface area contributed by atoms with Gasteiger partial charge >= 0.3 is 0 Å².